The number of amides is 1. The average Bonchev–Trinajstić information content (AvgIpc) is 2.56. The lowest BCUT2D eigenvalue weighted by molar-refractivity contribution is 0.0735. The Hall–Kier alpha value is -0.600. The first-order chi connectivity index (χ1) is 10.7. The van der Waals surface area contributed by atoms with E-state index < -0.39 is 0 Å². The predicted molar refractivity (Wildman–Crippen MR) is 97.2 cm³/mol. The van der Waals surface area contributed by atoms with Crippen molar-refractivity contribution in [1.29, 1.82) is 0 Å². The van der Waals surface area contributed by atoms with Gasteiger partial charge in [-0.2, -0.15) is 0 Å². The van der Waals surface area contributed by atoms with E-state index in [0.29, 0.717) is 23.1 Å². The molecule has 1 aliphatic carbocycles. The lowest BCUT2D eigenvalue weighted by Gasteiger charge is -2.30. The Morgan fingerprint density at radius 2 is 2.05 bits per heavy atom. The number of carbonyl (C=O) groups excluding carboxylic acids is 2. The fourth-order valence-electron chi connectivity index (χ4n) is 2.93. The van der Waals surface area contributed by atoms with Crippen LogP contribution < -0.4 is 0 Å². The summed E-state index contributed by atoms with van der Waals surface area (Å²) in [5, 5.41) is 0. The molecule has 0 N–H and O–H groups in total. The van der Waals surface area contributed by atoms with Gasteiger partial charge in [0.25, 0.3) is 5.91 Å². The van der Waals surface area contributed by atoms with Crippen LogP contribution >= 0.6 is 30.4 Å². The number of rotatable bonds is 6. The Balaban J connectivity index is 1.91. The summed E-state index contributed by atoms with van der Waals surface area (Å²) in [6.07, 6.45) is 5.34. The highest BCUT2D eigenvalue weighted by Crippen LogP contribution is 2.30. The van der Waals surface area contributed by atoms with Crippen LogP contribution in [0.1, 0.15) is 46.4 Å². The fraction of sp³-hybridized carbons (Fsp3) is 0.500. The molecule has 6 heteroatoms. The van der Waals surface area contributed by atoms with E-state index in [1.165, 1.54) is 9.21 Å². The van der Waals surface area contributed by atoms with Crippen molar-refractivity contribution in [2.45, 2.75) is 31.8 Å². The van der Waals surface area contributed by atoms with Crippen LogP contribution in [0, 0.1) is 5.92 Å². The van der Waals surface area contributed by atoms with E-state index in [9.17, 15) is 9.59 Å². The molecular formula is C16H20INO3S. The summed E-state index contributed by atoms with van der Waals surface area (Å²) in [5.41, 5.74) is 0.939. The van der Waals surface area contributed by atoms with Crippen molar-refractivity contribution in [3.63, 3.8) is 0 Å². The molecule has 1 aromatic carbocycles. The number of aldehydes is 1. The van der Waals surface area contributed by atoms with Crippen LogP contribution in [0.2, 0.25) is 0 Å². The lowest BCUT2D eigenvalue weighted by Crippen LogP contribution is -2.34. The maximum atomic E-state index is 12.5. The van der Waals surface area contributed by atoms with Gasteiger partial charge in [-0.25, -0.2) is 0 Å². The number of benzene rings is 1. The van der Waals surface area contributed by atoms with Crippen molar-refractivity contribution in [1.82, 2.24) is 4.90 Å². The molecule has 2 rings (SSSR count). The molecule has 0 radical (unpaired) electrons. The number of hydrogen-bond acceptors (Lipinski definition) is 4. The van der Waals surface area contributed by atoms with Crippen molar-refractivity contribution >= 4 is 42.6 Å². The van der Waals surface area contributed by atoms with Gasteiger partial charge >= 0.3 is 0 Å². The standard InChI is InChI=1S/C16H20INO3S/c1-18(10-12-6-8-14(9-7-12)21-22-17)16(20)15-5-3-2-4-13(15)11-19/h2-5,11-12,14H,6-10H2,1H3. The largest absolute Gasteiger partial charge is 0.341 e. The normalized spacial score (nSPS) is 21.4. The van der Waals surface area contributed by atoms with E-state index >= 15 is 0 Å². The third-order valence-corrected chi connectivity index (χ3v) is 5.13. The summed E-state index contributed by atoms with van der Waals surface area (Å²) in [4.78, 5) is 25.3. The average molecular weight is 433 g/mol. The number of carbonyl (C=O) groups is 2. The van der Waals surface area contributed by atoms with E-state index in [1.807, 2.05) is 7.05 Å². The molecule has 0 aliphatic heterocycles. The van der Waals surface area contributed by atoms with Crippen molar-refractivity contribution in [3.05, 3.63) is 35.4 Å². The van der Waals surface area contributed by atoms with Crippen molar-refractivity contribution in [2.24, 2.45) is 5.92 Å². The van der Waals surface area contributed by atoms with Crippen LogP contribution in [0.25, 0.3) is 0 Å². The van der Waals surface area contributed by atoms with Crippen LogP contribution in [-0.4, -0.2) is 36.8 Å². The minimum Gasteiger partial charge on any atom is -0.341 e. The molecule has 22 heavy (non-hydrogen) atoms. The SMILES string of the molecule is CN(CC1CCC(OSI)CC1)C(=O)c1ccccc1C=O. The van der Waals surface area contributed by atoms with Gasteiger partial charge in [0.2, 0.25) is 0 Å². The summed E-state index contributed by atoms with van der Waals surface area (Å²) in [7, 11) is 3.21. The second kappa shape index (κ2) is 8.88. The van der Waals surface area contributed by atoms with Crippen molar-refractivity contribution in [3.8, 4) is 0 Å². The van der Waals surface area contributed by atoms with E-state index in [4.69, 9.17) is 4.18 Å². The number of halogens is 1. The molecule has 1 amide bonds. The third-order valence-electron chi connectivity index (χ3n) is 4.16. The Morgan fingerprint density at radius 3 is 2.68 bits per heavy atom. The van der Waals surface area contributed by atoms with Crippen LogP contribution in [-0.2, 0) is 4.18 Å². The Morgan fingerprint density at radius 1 is 1.36 bits per heavy atom. The van der Waals surface area contributed by atoms with Crippen LogP contribution in [0.15, 0.2) is 24.3 Å². The molecular weight excluding hydrogens is 413 g/mol. The molecule has 120 valence electrons. The van der Waals surface area contributed by atoms with Crippen molar-refractivity contribution < 1.29 is 13.8 Å². The van der Waals surface area contributed by atoms with Gasteiger partial charge in [-0.15, -0.1) is 0 Å². The first kappa shape index (κ1) is 17.7. The summed E-state index contributed by atoms with van der Waals surface area (Å²) in [6, 6.07) is 6.95. The quantitative estimate of drug-likeness (QED) is 0.384. The zero-order chi connectivity index (χ0) is 15.9. The Kier molecular flexibility index (Phi) is 7.17. The molecule has 0 atom stereocenters. The van der Waals surface area contributed by atoms with E-state index in [0.717, 1.165) is 38.5 Å². The van der Waals surface area contributed by atoms with Gasteiger partial charge in [-0.05, 0) is 37.7 Å². The molecule has 0 heterocycles. The smallest absolute Gasteiger partial charge is 0.254 e. The van der Waals surface area contributed by atoms with Gasteiger partial charge in [-0.1, -0.05) is 18.2 Å². The van der Waals surface area contributed by atoms with Crippen LogP contribution in [0.5, 0.6) is 0 Å². The van der Waals surface area contributed by atoms with Gasteiger partial charge in [0, 0.05) is 40.4 Å². The summed E-state index contributed by atoms with van der Waals surface area (Å²) in [5.74, 6) is 0.431. The Labute approximate surface area is 147 Å². The molecule has 0 saturated heterocycles. The maximum Gasteiger partial charge on any atom is 0.254 e. The van der Waals surface area contributed by atoms with Crippen molar-refractivity contribution in [2.75, 3.05) is 13.6 Å². The van der Waals surface area contributed by atoms with Gasteiger partial charge in [0.05, 0.1) is 20.9 Å². The number of hydrogen-bond donors (Lipinski definition) is 0. The predicted octanol–water partition coefficient (Wildman–Crippen LogP) is 4.14. The maximum absolute atomic E-state index is 12.5. The molecule has 1 saturated carbocycles. The fourth-order valence-corrected chi connectivity index (χ4v) is 4.11. The van der Waals surface area contributed by atoms with E-state index in [-0.39, 0.29) is 5.91 Å². The summed E-state index contributed by atoms with van der Waals surface area (Å²) < 4.78 is 5.57. The van der Waals surface area contributed by atoms with Gasteiger partial charge in [-0.3, -0.25) is 9.59 Å². The second-order valence-electron chi connectivity index (χ2n) is 5.69. The van der Waals surface area contributed by atoms with Gasteiger partial charge < -0.3 is 9.08 Å². The molecule has 0 unspecified atom stereocenters. The molecule has 0 spiro atoms. The molecule has 1 aromatic rings. The molecule has 0 bridgehead atoms. The Bertz CT molecular complexity index is 518. The second-order valence-corrected chi connectivity index (χ2v) is 7.09. The highest BCUT2D eigenvalue weighted by atomic mass is 127. The van der Waals surface area contributed by atoms with E-state index in [2.05, 4.69) is 21.2 Å². The summed E-state index contributed by atoms with van der Waals surface area (Å²) >= 11 is 2.15. The van der Waals surface area contributed by atoms with Gasteiger partial charge in [0.15, 0.2) is 6.29 Å². The molecule has 4 nitrogen and oxygen atoms in total. The minimum absolute atomic E-state index is 0.0797. The summed E-state index contributed by atoms with van der Waals surface area (Å²) in [6.45, 7) is 0.732. The molecule has 1 aliphatic rings. The highest BCUT2D eigenvalue weighted by Gasteiger charge is 2.25. The first-order valence-corrected chi connectivity index (χ1v) is 10.7. The highest BCUT2D eigenvalue weighted by molar-refractivity contribution is 14.2. The zero-order valence-corrected chi connectivity index (χ0v) is 15.5. The lowest BCUT2D eigenvalue weighted by atomic mass is 9.87. The van der Waals surface area contributed by atoms with Crippen LogP contribution in [0.3, 0.4) is 0 Å². The number of nitrogens with zero attached hydrogens (tertiary/aromatic N) is 1. The first-order valence-electron chi connectivity index (χ1n) is 7.39. The monoisotopic (exact) mass is 433 g/mol. The zero-order valence-electron chi connectivity index (χ0n) is 12.5. The third kappa shape index (κ3) is 4.70. The topological polar surface area (TPSA) is 46.6 Å². The molecule has 0 aromatic heterocycles. The van der Waals surface area contributed by atoms with Crippen LogP contribution in [0.4, 0.5) is 0 Å². The van der Waals surface area contributed by atoms with E-state index in [1.54, 1.807) is 29.2 Å². The van der Waals surface area contributed by atoms with Gasteiger partial charge in [0.1, 0.15) is 0 Å². The minimum atomic E-state index is -0.0797. The molecule has 1 fully saturated rings.